The van der Waals surface area contributed by atoms with Gasteiger partial charge in [-0.3, -0.25) is 5.32 Å². The molecule has 1 amide bonds. The van der Waals surface area contributed by atoms with Crippen LogP contribution in [0.3, 0.4) is 0 Å². The van der Waals surface area contributed by atoms with E-state index in [9.17, 15) is 4.79 Å². The number of nitrogens with one attached hydrogen (secondary N) is 1. The molecular formula is C19H27N3O2S. The Balaban J connectivity index is 0.00000151. The Labute approximate surface area is 154 Å². The van der Waals surface area contributed by atoms with Crippen LogP contribution < -0.4 is 5.32 Å². The van der Waals surface area contributed by atoms with E-state index >= 15 is 0 Å². The van der Waals surface area contributed by atoms with Gasteiger partial charge in [0.15, 0.2) is 5.16 Å². The number of nitrogens with zero attached hydrogens (tertiary/aromatic N) is 2. The number of benzene rings is 1. The summed E-state index contributed by atoms with van der Waals surface area (Å²) in [5.41, 5.74) is 2.69. The number of aromatic nitrogens is 2. The third-order valence-electron chi connectivity index (χ3n) is 2.99. The van der Waals surface area contributed by atoms with Crippen LogP contribution in [-0.2, 0) is 4.74 Å². The van der Waals surface area contributed by atoms with Crippen molar-refractivity contribution in [2.75, 3.05) is 11.6 Å². The normalized spacial score (nSPS) is 10.5. The Morgan fingerprint density at radius 1 is 1.20 bits per heavy atom. The summed E-state index contributed by atoms with van der Waals surface area (Å²) >= 11 is 1.45. The van der Waals surface area contributed by atoms with Crippen LogP contribution in [0.1, 0.15) is 40.2 Å². The van der Waals surface area contributed by atoms with E-state index in [1.165, 1.54) is 11.8 Å². The minimum Gasteiger partial charge on any atom is -0.444 e. The van der Waals surface area contributed by atoms with Crippen LogP contribution in [0.5, 0.6) is 0 Å². The fourth-order valence-corrected chi connectivity index (χ4v) is 2.35. The fraction of sp³-hybridized carbons (Fsp3) is 0.421. The second kappa shape index (κ2) is 9.42. The second-order valence-corrected chi connectivity index (χ2v) is 6.83. The Morgan fingerprint density at radius 2 is 1.84 bits per heavy atom. The molecule has 0 fully saturated rings. The summed E-state index contributed by atoms with van der Waals surface area (Å²) in [6.45, 7) is 11.5. The van der Waals surface area contributed by atoms with Crippen molar-refractivity contribution in [1.29, 1.82) is 0 Å². The third kappa shape index (κ3) is 6.38. The molecule has 0 unspecified atom stereocenters. The van der Waals surface area contributed by atoms with E-state index in [4.69, 9.17) is 4.74 Å². The summed E-state index contributed by atoms with van der Waals surface area (Å²) in [6, 6.07) is 7.90. The molecule has 136 valence electrons. The number of anilines is 1. The van der Waals surface area contributed by atoms with E-state index in [-0.39, 0.29) is 0 Å². The van der Waals surface area contributed by atoms with Gasteiger partial charge in [-0.2, -0.15) is 0 Å². The Kier molecular flexibility index (Phi) is 7.90. The van der Waals surface area contributed by atoms with Crippen LogP contribution in [0.2, 0.25) is 0 Å². The number of hydrogen-bond acceptors (Lipinski definition) is 5. The standard InChI is InChI=1S/C17H21N3O2S.C2H6/c1-11-8-6-7-9-12(11)14-13(10-18-15(20-14)23-5)19-16(21)22-17(2,3)4;1-2/h6-10H,1-5H3,(H,19,21);1-2H3. The molecule has 1 N–H and O–H groups in total. The molecule has 0 aliphatic carbocycles. The first-order valence-corrected chi connectivity index (χ1v) is 9.49. The molecule has 0 saturated heterocycles. The van der Waals surface area contributed by atoms with Crippen LogP contribution in [0.15, 0.2) is 35.6 Å². The summed E-state index contributed by atoms with van der Waals surface area (Å²) in [5, 5.41) is 3.40. The molecule has 0 bridgehead atoms. The van der Waals surface area contributed by atoms with Gasteiger partial charge >= 0.3 is 6.09 Å². The molecule has 6 heteroatoms. The zero-order valence-electron chi connectivity index (χ0n) is 16.0. The number of ether oxygens (including phenoxy) is 1. The van der Waals surface area contributed by atoms with Crippen molar-refractivity contribution in [1.82, 2.24) is 9.97 Å². The highest BCUT2D eigenvalue weighted by Gasteiger charge is 2.19. The fourth-order valence-electron chi connectivity index (χ4n) is 2.01. The average molecular weight is 362 g/mol. The number of hydrogen-bond donors (Lipinski definition) is 1. The molecule has 0 spiro atoms. The number of aryl methyl sites for hydroxylation is 1. The number of amides is 1. The molecule has 1 aromatic heterocycles. The predicted molar refractivity (Wildman–Crippen MR) is 105 cm³/mol. The Hall–Kier alpha value is -2.08. The molecule has 25 heavy (non-hydrogen) atoms. The van der Waals surface area contributed by atoms with Crippen molar-refractivity contribution in [3.8, 4) is 11.3 Å². The lowest BCUT2D eigenvalue weighted by atomic mass is 10.0. The molecule has 1 heterocycles. The van der Waals surface area contributed by atoms with Crippen molar-refractivity contribution in [2.24, 2.45) is 0 Å². The topological polar surface area (TPSA) is 64.1 Å². The zero-order chi connectivity index (χ0) is 19.0. The quantitative estimate of drug-likeness (QED) is 0.574. The van der Waals surface area contributed by atoms with Gasteiger partial charge in [0.05, 0.1) is 17.6 Å². The van der Waals surface area contributed by atoms with E-state index in [0.29, 0.717) is 16.5 Å². The zero-order valence-corrected chi connectivity index (χ0v) is 16.8. The SMILES string of the molecule is CC.CSc1ncc(NC(=O)OC(C)(C)C)c(-c2ccccc2C)n1. The maximum atomic E-state index is 12.1. The molecular weight excluding hydrogens is 334 g/mol. The molecule has 1 aromatic carbocycles. The van der Waals surface area contributed by atoms with Gasteiger partial charge in [-0.15, -0.1) is 0 Å². The van der Waals surface area contributed by atoms with Gasteiger partial charge < -0.3 is 4.74 Å². The van der Waals surface area contributed by atoms with Crippen molar-refractivity contribution >= 4 is 23.5 Å². The van der Waals surface area contributed by atoms with Gasteiger partial charge in [0, 0.05) is 5.56 Å². The molecule has 0 atom stereocenters. The lowest BCUT2D eigenvalue weighted by molar-refractivity contribution is 0.0636. The first kappa shape index (κ1) is 21.0. The van der Waals surface area contributed by atoms with Gasteiger partial charge in [-0.25, -0.2) is 14.8 Å². The highest BCUT2D eigenvalue weighted by Crippen LogP contribution is 2.29. The number of carbonyl (C=O) groups excluding carboxylic acids is 1. The summed E-state index contributed by atoms with van der Waals surface area (Å²) in [6.07, 6.45) is 3.01. The first-order chi connectivity index (χ1) is 11.8. The van der Waals surface area contributed by atoms with Gasteiger partial charge in [-0.1, -0.05) is 49.9 Å². The van der Waals surface area contributed by atoms with Crippen LogP contribution in [0.25, 0.3) is 11.3 Å². The maximum absolute atomic E-state index is 12.1. The molecule has 0 saturated carbocycles. The van der Waals surface area contributed by atoms with Crippen molar-refractivity contribution < 1.29 is 9.53 Å². The lowest BCUT2D eigenvalue weighted by Crippen LogP contribution is -2.27. The van der Waals surface area contributed by atoms with E-state index in [1.54, 1.807) is 6.20 Å². The third-order valence-corrected chi connectivity index (χ3v) is 3.55. The summed E-state index contributed by atoms with van der Waals surface area (Å²) in [7, 11) is 0. The van der Waals surface area contributed by atoms with Crippen LogP contribution in [-0.4, -0.2) is 27.9 Å². The number of carbonyl (C=O) groups is 1. The largest absolute Gasteiger partial charge is 0.444 e. The summed E-state index contributed by atoms with van der Waals surface area (Å²) in [5.74, 6) is 0. The van der Waals surface area contributed by atoms with E-state index < -0.39 is 11.7 Å². The first-order valence-electron chi connectivity index (χ1n) is 8.27. The minimum absolute atomic E-state index is 0.521. The molecule has 0 aliphatic heterocycles. The Morgan fingerprint density at radius 3 is 2.40 bits per heavy atom. The van der Waals surface area contributed by atoms with E-state index in [0.717, 1.165) is 11.1 Å². The van der Waals surface area contributed by atoms with E-state index in [2.05, 4.69) is 15.3 Å². The Bertz CT molecular complexity index is 712. The van der Waals surface area contributed by atoms with Gasteiger partial charge in [0.25, 0.3) is 0 Å². The van der Waals surface area contributed by atoms with Crippen LogP contribution in [0, 0.1) is 6.92 Å². The van der Waals surface area contributed by atoms with Crippen molar-refractivity contribution in [3.05, 3.63) is 36.0 Å². The van der Waals surface area contributed by atoms with Gasteiger partial charge in [-0.05, 0) is 39.5 Å². The predicted octanol–water partition coefficient (Wildman–Crippen LogP) is 5.55. The lowest BCUT2D eigenvalue weighted by Gasteiger charge is -2.20. The molecule has 2 rings (SSSR count). The summed E-state index contributed by atoms with van der Waals surface area (Å²) < 4.78 is 5.31. The monoisotopic (exact) mass is 361 g/mol. The smallest absolute Gasteiger partial charge is 0.412 e. The number of rotatable bonds is 3. The van der Waals surface area contributed by atoms with Gasteiger partial charge in [0.2, 0.25) is 0 Å². The van der Waals surface area contributed by atoms with Crippen LogP contribution in [0.4, 0.5) is 10.5 Å². The summed E-state index contributed by atoms with van der Waals surface area (Å²) in [4.78, 5) is 20.9. The number of thioether (sulfide) groups is 1. The highest BCUT2D eigenvalue weighted by molar-refractivity contribution is 7.98. The molecule has 2 aromatic rings. The molecule has 5 nitrogen and oxygen atoms in total. The molecule has 0 radical (unpaired) electrons. The molecule has 0 aliphatic rings. The maximum Gasteiger partial charge on any atom is 0.412 e. The van der Waals surface area contributed by atoms with E-state index in [1.807, 2.05) is 72.1 Å². The van der Waals surface area contributed by atoms with Gasteiger partial charge in [0.1, 0.15) is 5.60 Å². The average Bonchev–Trinajstić information content (AvgIpc) is 2.56. The minimum atomic E-state index is -0.563. The van der Waals surface area contributed by atoms with Crippen LogP contribution >= 0.6 is 11.8 Å². The van der Waals surface area contributed by atoms with Crippen molar-refractivity contribution in [3.63, 3.8) is 0 Å². The second-order valence-electron chi connectivity index (χ2n) is 6.06. The van der Waals surface area contributed by atoms with Crippen molar-refractivity contribution in [2.45, 2.75) is 52.3 Å². The highest BCUT2D eigenvalue weighted by atomic mass is 32.2.